The van der Waals surface area contributed by atoms with Crippen LogP contribution < -0.4 is 25.0 Å². The number of imide groups is 1. The standard InChI is InChI=1S/C84H140N5O20PS/c1-4-6-8-10-12-14-16-18-20-22-24-26-28-30-32-36-81(95)106-65-73(109-82(96)37-33-31-29-27-25-23-21-19-17-15-13-11-9-7-5-2)66-108-110(98,99)107-51-47-85-77(90)67-104-56-55-101-52-50-89-79(92)64-76(84(89)97)111-60-59-103-54-53-102-57-58-105-74-42-39-70(62-75(74)100-3)71(63-80(93)94)61-68-44-48-88(49-45-68)78(91)43-41-72-40-38-69-35-34-46-86-83(69)87-72/h38-40,42,62,68,71,73,76H,4-37,41,43-61,63-67H2,1-3H3,(H,85,90)(H,86,87)(H,93,94)(H,98,99)/p-1. The average molecular weight is 1600 g/mol. The number of aromatic nitrogens is 1. The smallest absolute Gasteiger partial charge is 0.306 e. The molecule has 2 aromatic rings. The fourth-order valence-corrected chi connectivity index (χ4v) is 15.9. The largest absolute Gasteiger partial charge is 0.756 e. The molecule has 0 spiro atoms. The molecule has 2 saturated heterocycles. The Bertz CT molecular complexity index is 2950. The van der Waals surface area contributed by atoms with Gasteiger partial charge in [0, 0.05) is 63.3 Å². The van der Waals surface area contributed by atoms with Gasteiger partial charge in [0.15, 0.2) is 17.6 Å². The minimum absolute atomic E-state index is 0.0270. The zero-order valence-corrected chi connectivity index (χ0v) is 69.5. The predicted octanol–water partition coefficient (Wildman–Crippen LogP) is 15.2. The summed E-state index contributed by atoms with van der Waals surface area (Å²) in [6.07, 6.45) is 40.5. The lowest BCUT2D eigenvalue weighted by Crippen LogP contribution is -2.39. The molecule has 632 valence electrons. The highest BCUT2D eigenvalue weighted by Gasteiger charge is 2.38. The van der Waals surface area contributed by atoms with E-state index in [1.54, 1.807) is 13.2 Å². The number of aryl methyl sites for hydroxylation is 2. The van der Waals surface area contributed by atoms with E-state index in [9.17, 15) is 48.1 Å². The number of aliphatic carboxylic acids is 1. The molecule has 0 saturated carbocycles. The van der Waals surface area contributed by atoms with Crippen molar-refractivity contribution in [2.75, 3.05) is 130 Å². The number of pyridine rings is 1. The van der Waals surface area contributed by atoms with Crippen LogP contribution in [0.25, 0.3) is 0 Å². The van der Waals surface area contributed by atoms with E-state index >= 15 is 0 Å². The molecule has 1 aromatic carbocycles. The quantitative estimate of drug-likeness (QED) is 0.0240. The molecular weight excluding hydrogens is 1460 g/mol. The lowest BCUT2D eigenvalue weighted by molar-refractivity contribution is -0.228. The third-order valence-corrected chi connectivity index (χ3v) is 22.8. The number of likely N-dealkylation sites (tertiary alicyclic amines) is 2. The summed E-state index contributed by atoms with van der Waals surface area (Å²) in [4.78, 5) is 110. The maximum atomic E-state index is 13.2. The van der Waals surface area contributed by atoms with Gasteiger partial charge in [0.2, 0.25) is 23.6 Å². The molecule has 4 heterocycles. The molecule has 3 aliphatic heterocycles. The summed E-state index contributed by atoms with van der Waals surface area (Å²) in [5.41, 5.74) is 2.99. The van der Waals surface area contributed by atoms with Crippen molar-refractivity contribution in [1.29, 1.82) is 0 Å². The zero-order valence-electron chi connectivity index (χ0n) is 67.8. The molecule has 3 N–H and O–H groups in total. The van der Waals surface area contributed by atoms with Gasteiger partial charge >= 0.3 is 17.9 Å². The number of benzene rings is 1. The molecule has 111 heavy (non-hydrogen) atoms. The van der Waals surface area contributed by atoms with Crippen molar-refractivity contribution in [1.82, 2.24) is 20.1 Å². The number of carbonyl (C=O) groups excluding carboxylic acids is 6. The van der Waals surface area contributed by atoms with E-state index in [-0.39, 0.29) is 115 Å². The number of carboxylic acids is 1. The molecule has 3 aliphatic rings. The highest BCUT2D eigenvalue weighted by atomic mass is 32.2. The van der Waals surface area contributed by atoms with Crippen LogP contribution in [-0.2, 0) is 88.4 Å². The lowest BCUT2D eigenvalue weighted by atomic mass is 9.82. The third-order valence-electron chi connectivity index (χ3n) is 20.7. The van der Waals surface area contributed by atoms with Gasteiger partial charge in [-0.15, -0.1) is 11.8 Å². The van der Waals surface area contributed by atoms with Crippen LogP contribution in [-0.4, -0.2) is 198 Å². The number of methoxy groups -OCH3 is 1. The van der Waals surface area contributed by atoms with E-state index in [0.717, 1.165) is 87.8 Å². The van der Waals surface area contributed by atoms with Gasteiger partial charge in [0.1, 0.15) is 25.6 Å². The van der Waals surface area contributed by atoms with Gasteiger partial charge < -0.3 is 72.5 Å². The van der Waals surface area contributed by atoms with Crippen LogP contribution in [0.4, 0.5) is 5.82 Å². The molecule has 4 amide bonds. The zero-order chi connectivity index (χ0) is 79.6. The normalized spacial score (nSPS) is 15.6. The minimum atomic E-state index is -4.94. The van der Waals surface area contributed by atoms with Crippen molar-refractivity contribution in [2.45, 2.75) is 294 Å². The fraction of sp³-hybridized carbons (Fsp3) is 0.786. The molecule has 0 bridgehead atoms. The number of rotatable bonds is 70. The maximum absolute atomic E-state index is 13.2. The number of piperidine rings is 1. The fourth-order valence-electron chi connectivity index (χ4n) is 14.2. The number of phosphoric ester groups is 1. The van der Waals surface area contributed by atoms with Crippen LogP contribution in [0, 0.1) is 5.92 Å². The van der Waals surface area contributed by atoms with Crippen LogP contribution in [0.5, 0.6) is 11.5 Å². The summed E-state index contributed by atoms with van der Waals surface area (Å²) in [7, 11) is -3.40. The first-order valence-corrected chi connectivity index (χ1v) is 45.1. The second-order valence-electron chi connectivity index (χ2n) is 29.9. The van der Waals surface area contributed by atoms with E-state index in [4.69, 9.17) is 51.9 Å². The first kappa shape index (κ1) is 96.1. The number of amides is 4. The average Bonchev–Trinajstić information content (AvgIpc) is 1.66. The number of anilines is 1. The number of carboxylic acid groups (broad SMARTS) is 1. The Kier molecular flexibility index (Phi) is 52.9. The number of hydrogen-bond acceptors (Lipinski definition) is 22. The summed E-state index contributed by atoms with van der Waals surface area (Å²) >= 11 is 1.35. The van der Waals surface area contributed by atoms with Crippen LogP contribution in [0.15, 0.2) is 30.3 Å². The van der Waals surface area contributed by atoms with Crippen LogP contribution >= 0.6 is 19.6 Å². The van der Waals surface area contributed by atoms with Crippen molar-refractivity contribution in [3.63, 3.8) is 0 Å². The predicted molar refractivity (Wildman–Crippen MR) is 430 cm³/mol. The Balaban J connectivity index is 0.861. The number of thioether (sulfide) groups is 1. The van der Waals surface area contributed by atoms with Gasteiger partial charge in [0.05, 0.1) is 84.8 Å². The lowest BCUT2D eigenvalue weighted by Gasteiger charge is -2.34. The Morgan fingerprint density at radius 3 is 1.83 bits per heavy atom. The first-order chi connectivity index (χ1) is 54.1. The highest BCUT2D eigenvalue weighted by molar-refractivity contribution is 8.00. The monoisotopic (exact) mass is 1600 g/mol. The molecule has 27 heteroatoms. The summed E-state index contributed by atoms with van der Waals surface area (Å²) in [5.74, 6) is -0.446. The van der Waals surface area contributed by atoms with Crippen LogP contribution in [0.3, 0.4) is 0 Å². The molecule has 5 rings (SSSR count). The molecular formula is C84H139N5O20PS-. The molecule has 4 unspecified atom stereocenters. The number of ether oxygens (including phenoxy) is 8. The Morgan fingerprint density at radius 2 is 1.23 bits per heavy atom. The highest BCUT2D eigenvalue weighted by Crippen LogP contribution is 2.39. The van der Waals surface area contributed by atoms with E-state index in [0.29, 0.717) is 82.3 Å². The number of esters is 2. The van der Waals surface area contributed by atoms with Gasteiger partial charge in [-0.25, -0.2) is 4.98 Å². The van der Waals surface area contributed by atoms with E-state index < -0.39 is 56.2 Å². The Morgan fingerprint density at radius 1 is 0.658 bits per heavy atom. The molecule has 25 nitrogen and oxygen atoms in total. The van der Waals surface area contributed by atoms with Crippen molar-refractivity contribution < 1.29 is 95.1 Å². The molecule has 4 atom stereocenters. The molecule has 0 radical (unpaired) electrons. The summed E-state index contributed by atoms with van der Waals surface area (Å²) in [5, 5.41) is 15.2. The topological polar surface area (TPSA) is 316 Å². The van der Waals surface area contributed by atoms with E-state index in [1.165, 1.54) is 163 Å². The van der Waals surface area contributed by atoms with E-state index in [1.807, 2.05) is 23.1 Å². The number of fused-ring (bicyclic) bond motifs is 1. The van der Waals surface area contributed by atoms with Gasteiger partial charge in [-0.2, -0.15) is 0 Å². The first-order valence-electron chi connectivity index (χ1n) is 42.6. The molecule has 1 aromatic heterocycles. The Hall–Kier alpha value is -5.44. The summed E-state index contributed by atoms with van der Waals surface area (Å²) in [6.45, 7) is 6.39. The maximum Gasteiger partial charge on any atom is 0.306 e. The number of carbonyl (C=O) groups is 7. The summed E-state index contributed by atoms with van der Waals surface area (Å²) in [6, 6.07) is 9.67. The third kappa shape index (κ3) is 44.9. The number of unbranched alkanes of at least 4 members (excludes halogenated alkanes) is 28. The van der Waals surface area contributed by atoms with Crippen molar-refractivity contribution in [2.24, 2.45) is 5.92 Å². The number of hydrogen-bond donors (Lipinski definition) is 3. The van der Waals surface area contributed by atoms with Gasteiger partial charge in [-0.1, -0.05) is 206 Å². The van der Waals surface area contributed by atoms with Crippen molar-refractivity contribution in [3.8, 4) is 11.5 Å². The van der Waals surface area contributed by atoms with E-state index in [2.05, 4.69) is 30.5 Å². The number of nitrogens with zero attached hydrogens (tertiary/aromatic N) is 3. The molecule has 2 fully saturated rings. The van der Waals surface area contributed by atoms with Crippen LogP contribution in [0.2, 0.25) is 0 Å². The van der Waals surface area contributed by atoms with Gasteiger partial charge in [0.25, 0.3) is 7.82 Å². The van der Waals surface area contributed by atoms with Gasteiger partial charge in [-0.05, 0) is 92.5 Å². The minimum Gasteiger partial charge on any atom is -0.756 e. The summed E-state index contributed by atoms with van der Waals surface area (Å²) < 4.78 is 68.0. The Labute approximate surface area is 667 Å². The number of nitrogens with one attached hydrogen (secondary N) is 2. The van der Waals surface area contributed by atoms with Gasteiger partial charge in [-0.3, -0.25) is 43.0 Å². The van der Waals surface area contributed by atoms with Crippen molar-refractivity contribution in [3.05, 3.63) is 47.2 Å². The molecule has 0 aliphatic carbocycles. The van der Waals surface area contributed by atoms with Crippen LogP contribution in [0.1, 0.15) is 287 Å². The second-order valence-corrected chi connectivity index (χ2v) is 32.6. The number of phosphoric acid groups is 1. The van der Waals surface area contributed by atoms with Crippen molar-refractivity contribution >= 4 is 66.9 Å². The SMILES string of the molecule is CCCCCCCCCCCCCCCCCC(=O)OCC(COP(=O)([O-])OCCNC(=O)COCCOCCN1C(=O)CC(SCCOCCOCCOc2ccc(C(CC(=O)O)CC3CCN(C(=O)CCc4ccc5c(n4)NCCC5)CC3)cc2OC)C1=O)OC(=O)CCCCCCCCCCCCCCCCC. The second kappa shape index (κ2) is 61.0.